The molecule has 3 aromatic rings. The van der Waals surface area contributed by atoms with Gasteiger partial charge in [0.15, 0.2) is 0 Å². The fourth-order valence-electron chi connectivity index (χ4n) is 4.20. The van der Waals surface area contributed by atoms with Crippen LogP contribution in [-0.4, -0.2) is 35.2 Å². The summed E-state index contributed by atoms with van der Waals surface area (Å²) in [5.41, 5.74) is 1.90. The molecule has 1 heterocycles. The summed E-state index contributed by atoms with van der Waals surface area (Å²) in [4.78, 5) is 33.3. The number of halogens is 4. The van der Waals surface area contributed by atoms with E-state index < -0.39 is 18.2 Å². The maximum Gasteiger partial charge on any atom is 0.493 e. The minimum Gasteiger partial charge on any atom is -0.367 e. The van der Waals surface area contributed by atoms with Gasteiger partial charge in [0.2, 0.25) is 0 Å². The van der Waals surface area contributed by atoms with Crippen molar-refractivity contribution in [3.8, 4) is 0 Å². The van der Waals surface area contributed by atoms with E-state index in [4.69, 9.17) is 11.6 Å². The Bertz CT molecular complexity index is 1260. The zero-order valence-corrected chi connectivity index (χ0v) is 20.1. The van der Waals surface area contributed by atoms with Gasteiger partial charge < -0.3 is 15.5 Å². The molecule has 0 aliphatic heterocycles. The van der Waals surface area contributed by atoms with Crippen LogP contribution < -0.4 is 15.7 Å². The molecule has 0 unspecified atom stereocenters. The van der Waals surface area contributed by atoms with Crippen molar-refractivity contribution < 1.29 is 27.6 Å². The second-order valence-corrected chi connectivity index (χ2v) is 9.07. The summed E-state index contributed by atoms with van der Waals surface area (Å²) < 4.78 is 38.4. The number of nitrogens with zero attached hydrogens (tertiary/aromatic N) is 2. The zero-order chi connectivity index (χ0) is 25.9. The van der Waals surface area contributed by atoms with Crippen LogP contribution in [0.4, 0.5) is 29.5 Å². The summed E-state index contributed by atoms with van der Waals surface area (Å²) in [6.45, 7) is 2.03. The number of benzene rings is 2. The molecule has 2 amide bonds. The average Bonchev–Trinajstić information content (AvgIpc) is 2.83. The van der Waals surface area contributed by atoms with E-state index in [-0.39, 0.29) is 27.9 Å². The number of urea groups is 1. The van der Waals surface area contributed by atoms with E-state index in [1.165, 1.54) is 24.3 Å². The first-order valence-electron chi connectivity index (χ1n) is 11.4. The number of hydroxylamine groups is 1. The van der Waals surface area contributed by atoms with Gasteiger partial charge in [0.25, 0.3) is 0 Å². The number of rotatable bonds is 4. The minimum absolute atomic E-state index is 0.106. The van der Waals surface area contributed by atoms with Crippen molar-refractivity contribution in [1.29, 1.82) is 0 Å². The van der Waals surface area contributed by atoms with E-state index >= 15 is 0 Å². The number of alkyl halides is 3. The molecule has 7 nitrogen and oxygen atoms in total. The molecule has 11 heteroatoms. The smallest absolute Gasteiger partial charge is 0.367 e. The van der Waals surface area contributed by atoms with Gasteiger partial charge in [-0.2, -0.15) is 13.2 Å². The number of carbonyl (C=O) groups is 2. The second kappa shape index (κ2) is 10.6. The second-order valence-electron chi connectivity index (χ2n) is 8.63. The van der Waals surface area contributed by atoms with Crippen LogP contribution in [0.15, 0.2) is 54.6 Å². The van der Waals surface area contributed by atoms with Crippen molar-refractivity contribution in [2.24, 2.45) is 0 Å². The van der Waals surface area contributed by atoms with Gasteiger partial charge in [-0.3, -0.25) is 0 Å². The Hall–Kier alpha value is -3.53. The Kier molecular flexibility index (Phi) is 7.53. The summed E-state index contributed by atoms with van der Waals surface area (Å²) in [7, 11) is 0. The quantitative estimate of drug-likeness (QED) is 0.403. The van der Waals surface area contributed by atoms with Gasteiger partial charge >= 0.3 is 18.2 Å². The fraction of sp³-hybridized carbons (Fsp3) is 0.320. The van der Waals surface area contributed by atoms with E-state index in [1.54, 1.807) is 0 Å². The molecule has 190 valence electrons. The van der Waals surface area contributed by atoms with Crippen LogP contribution in [0.25, 0.3) is 10.9 Å². The number of hydrogen-bond acceptors (Lipinski definition) is 5. The van der Waals surface area contributed by atoms with Gasteiger partial charge in [-0.25, -0.2) is 14.6 Å². The van der Waals surface area contributed by atoms with Crippen molar-refractivity contribution in [2.45, 2.75) is 50.9 Å². The molecule has 0 saturated heterocycles. The molecule has 0 atom stereocenters. The lowest BCUT2D eigenvalue weighted by molar-refractivity contribution is -0.199. The monoisotopic (exact) mass is 520 g/mol. The van der Waals surface area contributed by atoms with Crippen molar-refractivity contribution in [3.63, 3.8) is 0 Å². The van der Waals surface area contributed by atoms with Crippen LogP contribution in [0, 0.1) is 6.92 Å². The number of pyridine rings is 1. The fourth-order valence-corrected chi connectivity index (χ4v) is 4.38. The molecular formula is C25H24ClF3N4O3. The van der Waals surface area contributed by atoms with E-state index in [1.807, 2.05) is 37.3 Å². The molecule has 2 aromatic carbocycles. The molecule has 0 spiro atoms. The van der Waals surface area contributed by atoms with Crippen LogP contribution in [0.3, 0.4) is 0 Å². The molecule has 1 saturated carbocycles. The largest absolute Gasteiger partial charge is 0.493 e. The highest BCUT2D eigenvalue weighted by Gasteiger charge is 2.44. The number of anilines is 2. The molecule has 1 aliphatic carbocycles. The third-order valence-electron chi connectivity index (χ3n) is 5.96. The summed E-state index contributed by atoms with van der Waals surface area (Å²) in [6.07, 6.45) is -2.70. The Morgan fingerprint density at radius 2 is 1.72 bits per heavy atom. The third-order valence-corrected chi connectivity index (χ3v) is 6.20. The van der Waals surface area contributed by atoms with E-state index in [9.17, 15) is 22.8 Å². The van der Waals surface area contributed by atoms with Gasteiger partial charge in [-0.15, -0.1) is 5.06 Å². The summed E-state index contributed by atoms with van der Waals surface area (Å²) >= 11 is 5.90. The predicted octanol–water partition coefficient (Wildman–Crippen LogP) is 6.16. The summed E-state index contributed by atoms with van der Waals surface area (Å²) in [6, 6.07) is 14.1. The molecule has 36 heavy (non-hydrogen) atoms. The number of nitrogens with one attached hydrogen (secondary N) is 2. The number of aryl methyl sites for hydroxylation is 1. The Morgan fingerprint density at radius 3 is 2.42 bits per heavy atom. The lowest BCUT2D eigenvalue weighted by Gasteiger charge is -2.31. The molecule has 0 radical (unpaired) electrons. The van der Waals surface area contributed by atoms with Gasteiger partial charge in [-0.05, 0) is 68.5 Å². The highest BCUT2D eigenvalue weighted by Crippen LogP contribution is 2.27. The first-order valence-corrected chi connectivity index (χ1v) is 11.8. The Morgan fingerprint density at radius 1 is 1.03 bits per heavy atom. The lowest BCUT2D eigenvalue weighted by atomic mass is 9.91. The van der Waals surface area contributed by atoms with Crippen molar-refractivity contribution in [3.05, 3.63) is 65.2 Å². The normalized spacial score (nSPS) is 17.9. The number of para-hydroxylation sites is 1. The van der Waals surface area contributed by atoms with Crippen molar-refractivity contribution in [2.75, 3.05) is 10.4 Å². The van der Waals surface area contributed by atoms with Crippen LogP contribution in [0.5, 0.6) is 0 Å². The standard InChI is InChI=1S/C25H24ClF3N4O3/c1-15-13-22(32-21-8-3-2-7-20(15)21)30-17-9-11-18(12-10-17)31-24(35)33(36-23(34)25(27,28)29)19-6-4-5-16(26)14-19/h2-8,13-14,17-18H,9-12H2,1H3,(H,30,32)(H,31,35). The first-order chi connectivity index (χ1) is 17.1. The third kappa shape index (κ3) is 6.17. The minimum atomic E-state index is -5.27. The molecule has 1 fully saturated rings. The molecule has 4 rings (SSSR count). The van der Waals surface area contributed by atoms with Crippen LogP contribution in [0.2, 0.25) is 5.02 Å². The predicted molar refractivity (Wildman–Crippen MR) is 131 cm³/mol. The first kappa shape index (κ1) is 25.6. The van der Waals surface area contributed by atoms with Crippen molar-refractivity contribution >= 4 is 46.0 Å². The van der Waals surface area contributed by atoms with Gasteiger partial charge in [0.1, 0.15) is 5.82 Å². The zero-order valence-electron chi connectivity index (χ0n) is 19.3. The average molecular weight is 521 g/mol. The number of amides is 2. The van der Waals surface area contributed by atoms with Crippen molar-refractivity contribution in [1.82, 2.24) is 10.3 Å². The molecule has 1 aliphatic rings. The lowest BCUT2D eigenvalue weighted by Crippen LogP contribution is -2.49. The highest BCUT2D eigenvalue weighted by molar-refractivity contribution is 6.30. The molecular weight excluding hydrogens is 497 g/mol. The number of carbonyl (C=O) groups excluding carboxylic acids is 2. The van der Waals surface area contributed by atoms with Gasteiger partial charge in [0.05, 0.1) is 11.2 Å². The molecule has 2 N–H and O–H groups in total. The summed E-state index contributed by atoms with van der Waals surface area (Å²) in [5, 5.41) is 7.65. The Labute approximate surface area is 210 Å². The highest BCUT2D eigenvalue weighted by atomic mass is 35.5. The number of hydrogen-bond donors (Lipinski definition) is 2. The van der Waals surface area contributed by atoms with E-state index in [2.05, 4.69) is 20.5 Å². The molecule has 1 aromatic heterocycles. The summed E-state index contributed by atoms with van der Waals surface area (Å²) in [5.74, 6) is -1.74. The SMILES string of the molecule is Cc1cc(NC2CCC(NC(=O)N(OC(=O)C(F)(F)F)c3cccc(Cl)c3)CC2)nc2ccccc12. The van der Waals surface area contributed by atoms with Gasteiger partial charge in [0, 0.05) is 22.5 Å². The molecule has 0 bridgehead atoms. The van der Waals surface area contributed by atoms with E-state index in [0.717, 1.165) is 22.3 Å². The number of fused-ring (bicyclic) bond motifs is 1. The van der Waals surface area contributed by atoms with Crippen LogP contribution in [-0.2, 0) is 9.63 Å². The maximum absolute atomic E-state index is 12.8. The van der Waals surface area contributed by atoms with E-state index in [0.29, 0.717) is 25.7 Å². The Balaban J connectivity index is 1.38. The topological polar surface area (TPSA) is 83.6 Å². The van der Waals surface area contributed by atoms with Gasteiger partial charge in [-0.1, -0.05) is 35.9 Å². The number of aromatic nitrogens is 1. The van der Waals surface area contributed by atoms with Crippen LogP contribution >= 0.6 is 11.6 Å². The van der Waals surface area contributed by atoms with Crippen LogP contribution in [0.1, 0.15) is 31.2 Å². The maximum atomic E-state index is 12.8.